The Hall–Kier alpha value is -1.92. The maximum absolute atomic E-state index is 12.8. The molecule has 0 aliphatic heterocycles. The Morgan fingerprint density at radius 3 is 2.65 bits per heavy atom. The van der Waals surface area contributed by atoms with Gasteiger partial charge in [0.2, 0.25) is 0 Å². The van der Waals surface area contributed by atoms with Gasteiger partial charge in [0.15, 0.2) is 0 Å². The van der Waals surface area contributed by atoms with Crippen molar-refractivity contribution >= 4 is 29.3 Å². The molecule has 0 bridgehead atoms. The number of rotatable bonds is 2. The van der Waals surface area contributed by atoms with Crippen molar-refractivity contribution in [1.82, 2.24) is 4.98 Å². The minimum Gasteiger partial charge on any atom is -0.465 e. The Bertz CT molecular complexity index is 576. The molecule has 0 fully saturated rings. The van der Waals surface area contributed by atoms with E-state index in [0.717, 1.165) is 13.2 Å². The summed E-state index contributed by atoms with van der Waals surface area (Å²) in [6.07, 6.45) is 1.40. The highest BCUT2D eigenvalue weighted by Crippen LogP contribution is 2.19. The van der Waals surface area contributed by atoms with E-state index < -0.39 is 18.4 Å². The number of aromatic nitrogens is 1. The highest BCUT2D eigenvalue weighted by atomic mass is 19.4. The second-order valence-electron chi connectivity index (χ2n) is 3.57. The van der Waals surface area contributed by atoms with E-state index in [4.69, 9.17) is 0 Å². The first-order chi connectivity index (χ1) is 7.93. The number of carbonyl (C=O) groups excluding carboxylic acids is 1. The van der Waals surface area contributed by atoms with Gasteiger partial charge >= 0.3 is 12.9 Å². The Balaban J connectivity index is 2.71. The third-order valence-corrected chi connectivity index (χ3v) is 2.46. The molecule has 0 saturated heterocycles. The molecule has 90 valence electrons. The smallest absolute Gasteiger partial charge is 0.465 e. The number of carbonyl (C=O) groups is 1. The zero-order chi connectivity index (χ0) is 12.6. The Morgan fingerprint density at radius 1 is 1.35 bits per heavy atom. The fourth-order valence-electron chi connectivity index (χ4n) is 1.69. The molecular formula is C10H8BF3NO2-. The van der Waals surface area contributed by atoms with E-state index in [2.05, 4.69) is 9.72 Å². The van der Waals surface area contributed by atoms with Crippen molar-refractivity contribution < 1.29 is 22.5 Å². The normalized spacial score (nSPS) is 11.8. The van der Waals surface area contributed by atoms with E-state index in [1.54, 1.807) is 0 Å². The molecule has 0 amide bonds. The number of halogens is 3. The van der Waals surface area contributed by atoms with Gasteiger partial charge < -0.3 is 22.7 Å². The Kier molecular flexibility index (Phi) is 2.61. The van der Waals surface area contributed by atoms with E-state index in [1.807, 2.05) is 0 Å². The van der Waals surface area contributed by atoms with E-state index >= 15 is 0 Å². The molecule has 0 unspecified atom stereocenters. The molecule has 0 spiro atoms. The van der Waals surface area contributed by atoms with E-state index in [9.17, 15) is 17.7 Å². The summed E-state index contributed by atoms with van der Waals surface area (Å²) in [5.74, 6) is -0.783. The second kappa shape index (κ2) is 3.83. The maximum Gasteiger partial charge on any atom is 0.511 e. The minimum absolute atomic E-state index is 0.00912. The average molecular weight is 242 g/mol. The van der Waals surface area contributed by atoms with Crippen LogP contribution in [-0.2, 0) is 4.74 Å². The lowest BCUT2D eigenvalue weighted by Crippen LogP contribution is -2.35. The molecule has 1 aromatic heterocycles. The summed E-state index contributed by atoms with van der Waals surface area (Å²) < 4.78 is 42.9. The molecule has 2 aromatic rings. The van der Waals surface area contributed by atoms with Gasteiger partial charge in [0, 0.05) is 11.7 Å². The van der Waals surface area contributed by atoms with Crippen molar-refractivity contribution in [3.8, 4) is 0 Å². The monoisotopic (exact) mass is 242 g/mol. The number of aromatic amines is 1. The number of H-pyrrole nitrogens is 1. The number of nitrogens with one attached hydrogen (secondary N) is 1. The lowest BCUT2D eigenvalue weighted by molar-refractivity contribution is 0.0601. The fraction of sp³-hybridized carbons (Fsp3) is 0.100. The molecule has 3 nitrogen and oxygen atoms in total. The van der Waals surface area contributed by atoms with Crippen molar-refractivity contribution in [2.45, 2.75) is 0 Å². The van der Waals surface area contributed by atoms with Crippen LogP contribution < -0.4 is 5.46 Å². The van der Waals surface area contributed by atoms with Crippen molar-refractivity contribution in [1.29, 1.82) is 0 Å². The van der Waals surface area contributed by atoms with E-state index in [0.29, 0.717) is 5.39 Å². The number of esters is 1. The maximum atomic E-state index is 12.8. The third kappa shape index (κ3) is 2.00. The van der Waals surface area contributed by atoms with Crippen LogP contribution in [0, 0.1) is 0 Å². The summed E-state index contributed by atoms with van der Waals surface area (Å²) in [4.78, 5) is 13.8. The summed E-state index contributed by atoms with van der Waals surface area (Å²) in [6, 6.07) is 3.65. The Morgan fingerprint density at radius 2 is 2.06 bits per heavy atom. The molecule has 1 N–H and O–H groups in total. The molecule has 17 heavy (non-hydrogen) atoms. The highest BCUT2D eigenvalue weighted by molar-refractivity contribution is 6.75. The number of ether oxygens (including phenoxy) is 1. The van der Waals surface area contributed by atoms with Crippen LogP contribution in [0.3, 0.4) is 0 Å². The molecule has 2 rings (SSSR count). The highest BCUT2D eigenvalue weighted by Gasteiger charge is 2.29. The largest absolute Gasteiger partial charge is 0.511 e. The standard InChI is InChI=1S/C10H8BF3NO2/c1-17-10(16)7-4-6-2-3-15-9(6)8(5-7)11(12,13)14/h2-5,15H,1H3/q-1. The van der Waals surface area contributed by atoms with Gasteiger partial charge in [-0.15, -0.1) is 0 Å². The molecule has 1 aromatic carbocycles. The topological polar surface area (TPSA) is 42.1 Å². The number of methoxy groups -OCH3 is 1. The zero-order valence-electron chi connectivity index (χ0n) is 8.84. The van der Waals surface area contributed by atoms with E-state index in [-0.39, 0.29) is 11.1 Å². The predicted molar refractivity (Wildman–Crippen MR) is 58.4 cm³/mol. The SMILES string of the molecule is COC(=O)c1cc([B-](F)(F)F)c2[nH]ccc2c1. The molecule has 0 atom stereocenters. The van der Waals surface area contributed by atoms with Crippen molar-refractivity contribution in [2.24, 2.45) is 0 Å². The number of fused-ring (bicyclic) bond motifs is 1. The van der Waals surface area contributed by atoms with E-state index in [1.165, 1.54) is 18.3 Å². The molecular weight excluding hydrogens is 234 g/mol. The van der Waals surface area contributed by atoms with Crippen LogP contribution in [0.2, 0.25) is 0 Å². The quantitative estimate of drug-likeness (QED) is 0.646. The predicted octanol–water partition coefficient (Wildman–Crippen LogP) is 2.01. The number of benzene rings is 1. The summed E-state index contributed by atoms with van der Waals surface area (Å²) in [7, 11) is 1.13. The lowest BCUT2D eigenvalue weighted by Gasteiger charge is -2.17. The molecule has 0 aliphatic carbocycles. The molecule has 1 heterocycles. The van der Waals surface area contributed by atoms with Crippen molar-refractivity contribution in [3.63, 3.8) is 0 Å². The summed E-state index contributed by atoms with van der Waals surface area (Å²) >= 11 is 0. The van der Waals surface area contributed by atoms with Gasteiger partial charge in [-0.1, -0.05) is 11.5 Å². The summed E-state index contributed by atoms with van der Waals surface area (Å²) in [5, 5.41) is 0.335. The van der Waals surface area contributed by atoms with Crippen LogP contribution in [0.15, 0.2) is 24.4 Å². The van der Waals surface area contributed by atoms with Crippen LogP contribution in [0.4, 0.5) is 12.9 Å². The zero-order valence-corrected chi connectivity index (χ0v) is 8.84. The van der Waals surface area contributed by atoms with Crippen LogP contribution in [0.5, 0.6) is 0 Å². The van der Waals surface area contributed by atoms with Crippen molar-refractivity contribution in [3.05, 3.63) is 30.0 Å². The van der Waals surface area contributed by atoms with Gasteiger partial charge in [-0.25, -0.2) is 4.79 Å². The molecule has 7 heteroatoms. The first-order valence-electron chi connectivity index (χ1n) is 4.83. The first kappa shape index (κ1) is 11.6. The Labute approximate surface area is 94.6 Å². The fourth-order valence-corrected chi connectivity index (χ4v) is 1.69. The van der Waals surface area contributed by atoms with Gasteiger partial charge in [-0.2, -0.15) is 0 Å². The summed E-state index contributed by atoms with van der Waals surface area (Å²) in [6.45, 7) is -5.18. The van der Waals surface area contributed by atoms with Crippen LogP contribution in [0.25, 0.3) is 10.9 Å². The van der Waals surface area contributed by atoms with Gasteiger partial charge in [0.1, 0.15) is 0 Å². The molecule has 0 radical (unpaired) electrons. The average Bonchev–Trinajstić information content (AvgIpc) is 2.72. The second-order valence-corrected chi connectivity index (χ2v) is 3.57. The molecule has 0 aliphatic rings. The van der Waals surface area contributed by atoms with Gasteiger partial charge in [0.25, 0.3) is 0 Å². The van der Waals surface area contributed by atoms with Crippen LogP contribution in [0.1, 0.15) is 10.4 Å². The van der Waals surface area contributed by atoms with Gasteiger partial charge in [0.05, 0.1) is 12.7 Å². The summed E-state index contributed by atoms with van der Waals surface area (Å²) in [5.41, 5.74) is -0.924. The lowest BCUT2D eigenvalue weighted by atomic mass is 9.78. The van der Waals surface area contributed by atoms with Crippen LogP contribution >= 0.6 is 0 Å². The molecule has 0 saturated carbocycles. The first-order valence-corrected chi connectivity index (χ1v) is 4.83. The number of hydrogen-bond acceptors (Lipinski definition) is 2. The number of hydrogen-bond donors (Lipinski definition) is 1. The third-order valence-electron chi connectivity index (χ3n) is 2.46. The van der Waals surface area contributed by atoms with Gasteiger partial charge in [-0.05, 0) is 17.5 Å². The van der Waals surface area contributed by atoms with Crippen LogP contribution in [-0.4, -0.2) is 25.0 Å². The minimum atomic E-state index is -5.18. The van der Waals surface area contributed by atoms with Crippen molar-refractivity contribution in [2.75, 3.05) is 7.11 Å². The van der Waals surface area contributed by atoms with Gasteiger partial charge in [-0.3, -0.25) is 0 Å².